The second-order valence-electron chi connectivity index (χ2n) is 30.4. The van der Waals surface area contributed by atoms with Crippen molar-refractivity contribution in [1.29, 1.82) is 0 Å². The maximum atomic E-state index is 9.91. The molecule has 404 valence electrons. The standard InChI is InChI=1S/C73H88BN3O/c1-45-39-47(67(5,6)7)27-32-57(45)77-58-44-55-54(70(12,13)35-36-71(55,14)15)43-56(58)74-62-59(76(49-28-25-46(26-29-49)66(2,3)4)63-61-64(78-65(63)74)73(18,19)38-37-72(61,16)17)41-51(42-60(62)77)75(48-23-21-20-22-24-48)50-30-31-52-53(40-50)69(10,11)34-33-68(52,8)9/h20-32,39-44H,33-38H2,1-19H3/i20D,21D,22D,23D,24D. The summed E-state index contributed by atoms with van der Waals surface area (Å²) in [5.74, 6) is 1.04. The third-order valence-electron chi connectivity index (χ3n) is 19.9. The fourth-order valence-electron chi connectivity index (χ4n) is 14.4. The molecule has 0 saturated carbocycles. The molecule has 0 amide bonds. The molecule has 0 atom stereocenters. The van der Waals surface area contributed by atoms with Gasteiger partial charge in [0.15, 0.2) is 0 Å². The summed E-state index contributed by atoms with van der Waals surface area (Å²) in [7, 11) is 0. The number of nitrogens with zero attached hydrogens (tertiary/aromatic N) is 3. The van der Waals surface area contributed by atoms with E-state index in [1.165, 1.54) is 44.4 Å². The predicted octanol–water partition coefficient (Wildman–Crippen LogP) is 18.8. The third-order valence-corrected chi connectivity index (χ3v) is 19.9. The highest BCUT2D eigenvalue weighted by atomic mass is 16.3. The Balaban J connectivity index is 1.29. The summed E-state index contributed by atoms with van der Waals surface area (Å²) in [6, 6.07) is 30.8. The third kappa shape index (κ3) is 8.10. The molecular weight excluding hydrogens is 946 g/mol. The van der Waals surface area contributed by atoms with Crippen molar-refractivity contribution in [3.63, 3.8) is 0 Å². The van der Waals surface area contributed by atoms with Crippen LogP contribution in [0.3, 0.4) is 0 Å². The van der Waals surface area contributed by atoms with E-state index in [9.17, 15) is 5.48 Å². The molecule has 0 bridgehead atoms. The maximum absolute atomic E-state index is 9.91. The van der Waals surface area contributed by atoms with Crippen LogP contribution < -0.4 is 31.3 Å². The minimum Gasteiger partial charge on any atom is -0.472 e. The number of aryl methyl sites for hydroxylation is 1. The van der Waals surface area contributed by atoms with Gasteiger partial charge in [0.2, 0.25) is 0 Å². The van der Waals surface area contributed by atoms with Crippen LogP contribution in [0.15, 0.2) is 120 Å². The molecule has 0 radical (unpaired) electrons. The molecule has 5 heteroatoms. The molecule has 0 spiro atoms. The second-order valence-corrected chi connectivity index (χ2v) is 30.4. The molecule has 2 aliphatic heterocycles. The molecule has 5 aliphatic rings. The fraction of sp³-hybridized carbons (Fsp3) is 0.452. The Bertz CT molecular complexity index is 3850. The Morgan fingerprint density at radius 2 is 1.01 bits per heavy atom. The van der Waals surface area contributed by atoms with Gasteiger partial charge in [0.1, 0.15) is 5.76 Å². The summed E-state index contributed by atoms with van der Waals surface area (Å²) in [5, 5.41) is 0. The van der Waals surface area contributed by atoms with E-state index < -0.39 is 6.04 Å². The lowest BCUT2D eigenvalue weighted by Crippen LogP contribution is -2.61. The number of hydrogen-bond donors (Lipinski definition) is 0. The minimum atomic E-state index is -0.417. The molecule has 6 aromatic carbocycles. The topological polar surface area (TPSA) is 22.9 Å². The average Bonchev–Trinajstić information content (AvgIpc) is 1.73. The SMILES string of the molecule is [2H]c1c([2H])c([2H])c(N(c2cc3c4c(c2)N(c2ccc(C(C)(C)C)cc2)c2c(oc5c2C(C)(C)CCC5(C)C)B4c2cc4c(cc2N3c2ccc(C(C)(C)C)cc2C)C(C)(C)CCC4(C)C)c2ccc3c(c2)C(C)(C)CCC3(C)C)c([2H])c1[2H]. The summed E-state index contributed by atoms with van der Waals surface area (Å²) in [6.07, 6.45) is 6.13. The molecule has 0 unspecified atom stereocenters. The summed E-state index contributed by atoms with van der Waals surface area (Å²) in [5.41, 5.74) is 19.9. The Morgan fingerprint density at radius 1 is 0.487 bits per heavy atom. The molecule has 1 aromatic heterocycles. The van der Waals surface area contributed by atoms with Crippen LogP contribution in [0.4, 0.5) is 51.2 Å². The zero-order chi connectivity index (χ0) is 60.2. The molecule has 12 rings (SSSR count). The molecule has 0 saturated heterocycles. The Hall–Kier alpha value is -5.94. The van der Waals surface area contributed by atoms with Crippen molar-refractivity contribution in [3.05, 3.63) is 165 Å². The number of furan rings is 1. The number of anilines is 9. The van der Waals surface area contributed by atoms with Crippen LogP contribution in [0.5, 0.6) is 0 Å². The largest absolute Gasteiger partial charge is 0.472 e. The van der Waals surface area contributed by atoms with E-state index in [4.69, 9.17) is 5.79 Å². The smallest absolute Gasteiger partial charge is 0.297 e. The van der Waals surface area contributed by atoms with Gasteiger partial charge >= 0.3 is 0 Å². The normalized spacial score (nSPS) is 20.6. The molecule has 0 fully saturated rings. The van der Waals surface area contributed by atoms with Crippen LogP contribution in [0.2, 0.25) is 0 Å². The van der Waals surface area contributed by atoms with Crippen LogP contribution in [-0.2, 0) is 43.3 Å². The molecule has 0 N–H and O–H groups in total. The lowest BCUT2D eigenvalue weighted by molar-refractivity contribution is 0.282. The van der Waals surface area contributed by atoms with Gasteiger partial charge in [0, 0.05) is 50.8 Å². The second kappa shape index (κ2) is 17.0. The van der Waals surface area contributed by atoms with Gasteiger partial charge < -0.3 is 19.1 Å². The molecule has 7 aromatic rings. The van der Waals surface area contributed by atoms with Gasteiger partial charge in [-0.15, -0.1) is 0 Å². The molecule has 3 heterocycles. The van der Waals surface area contributed by atoms with Crippen LogP contribution in [0, 0.1) is 6.92 Å². The van der Waals surface area contributed by atoms with Crippen molar-refractivity contribution in [3.8, 4) is 0 Å². The van der Waals surface area contributed by atoms with Crippen molar-refractivity contribution in [2.75, 3.05) is 14.7 Å². The summed E-state index contributed by atoms with van der Waals surface area (Å²) < 4.78 is 55.2. The van der Waals surface area contributed by atoms with E-state index >= 15 is 0 Å². The van der Waals surface area contributed by atoms with Gasteiger partial charge in [-0.1, -0.05) is 179 Å². The minimum absolute atomic E-state index is 0.0833. The first-order valence-corrected chi connectivity index (χ1v) is 29.3. The average molecular weight is 1040 g/mol. The predicted molar refractivity (Wildman–Crippen MR) is 335 cm³/mol. The van der Waals surface area contributed by atoms with Crippen molar-refractivity contribution in [2.24, 2.45) is 0 Å². The quantitative estimate of drug-likeness (QED) is 0.160. The van der Waals surface area contributed by atoms with Crippen molar-refractivity contribution >= 4 is 74.5 Å². The van der Waals surface area contributed by atoms with Gasteiger partial charge in [-0.3, -0.25) is 0 Å². The maximum Gasteiger partial charge on any atom is 0.297 e. The van der Waals surface area contributed by atoms with E-state index in [1.54, 1.807) is 0 Å². The van der Waals surface area contributed by atoms with E-state index in [0.29, 0.717) is 5.69 Å². The van der Waals surface area contributed by atoms with Gasteiger partial charge in [-0.2, -0.15) is 0 Å². The monoisotopic (exact) mass is 1040 g/mol. The van der Waals surface area contributed by atoms with Crippen LogP contribution in [-0.4, -0.2) is 6.71 Å². The van der Waals surface area contributed by atoms with Crippen molar-refractivity contribution < 1.29 is 11.3 Å². The Kier molecular flexibility index (Phi) is 10.3. The zero-order valence-corrected chi connectivity index (χ0v) is 50.7. The first-order chi connectivity index (χ1) is 38.4. The van der Waals surface area contributed by atoms with E-state index in [-0.39, 0.29) is 79.9 Å². The first kappa shape index (κ1) is 46.9. The lowest BCUT2D eigenvalue weighted by Gasteiger charge is -2.47. The highest BCUT2D eigenvalue weighted by Crippen LogP contribution is 2.58. The molecule has 78 heavy (non-hydrogen) atoms. The molecule has 4 nitrogen and oxygen atoms in total. The number of benzene rings is 6. The molecular formula is C73H88BN3O. The highest BCUT2D eigenvalue weighted by Gasteiger charge is 2.54. The zero-order valence-electron chi connectivity index (χ0n) is 55.7. The number of rotatable bonds is 5. The Morgan fingerprint density at radius 3 is 1.60 bits per heavy atom. The van der Waals surface area contributed by atoms with E-state index in [1.807, 2.05) is 4.90 Å². The fourth-order valence-corrected chi connectivity index (χ4v) is 14.4. The Labute approximate surface area is 477 Å². The number of fused-ring (bicyclic) bond motifs is 8. The number of hydrogen-bond acceptors (Lipinski definition) is 4. The van der Waals surface area contributed by atoms with Gasteiger partial charge in [-0.05, 0) is 194 Å². The van der Waals surface area contributed by atoms with Gasteiger partial charge in [0.05, 0.1) is 23.9 Å². The van der Waals surface area contributed by atoms with Gasteiger partial charge in [-0.25, -0.2) is 0 Å². The molecule has 3 aliphatic carbocycles. The highest BCUT2D eigenvalue weighted by molar-refractivity contribution is 6.99. The summed E-state index contributed by atoms with van der Waals surface area (Å²) >= 11 is 0. The van der Waals surface area contributed by atoms with Crippen LogP contribution in [0.25, 0.3) is 0 Å². The summed E-state index contributed by atoms with van der Waals surface area (Å²) in [6.45, 7) is 44.0. The van der Waals surface area contributed by atoms with Crippen molar-refractivity contribution in [2.45, 2.75) is 213 Å². The summed E-state index contributed by atoms with van der Waals surface area (Å²) in [4.78, 5) is 7.02. The number of para-hydroxylation sites is 1. The van der Waals surface area contributed by atoms with E-state index in [2.05, 4.69) is 226 Å². The van der Waals surface area contributed by atoms with E-state index in [0.717, 1.165) is 101 Å². The van der Waals surface area contributed by atoms with Crippen LogP contribution in [0.1, 0.15) is 220 Å². The van der Waals surface area contributed by atoms with Crippen molar-refractivity contribution in [1.82, 2.24) is 0 Å². The lowest BCUT2D eigenvalue weighted by atomic mass is 9.35. The first-order valence-electron chi connectivity index (χ1n) is 31.8. The van der Waals surface area contributed by atoms with Crippen LogP contribution >= 0.6 is 0 Å². The van der Waals surface area contributed by atoms with Gasteiger partial charge in [0.25, 0.3) is 6.71 Å².